The highest BCUT2D eigenvalue weighted by atomic mass is 16.7. The first-order valence-electron chi connectivity index (χ1n) is 7.72. The van der Waals surface area contributed by atoms with E-state index in [1.807, 2.05) is 27.7 Å². The molecule has 1 unspecified atom stereocenters. The molecule has 0 radical (unpaired) electrons. The number of nitrogens with one attached hydrogen (secondary N) is 2. The third kappa shape index (κ3) is 3.87. The lowest BCUT2D eigenvalue weighted by molar-refractivity contribution is 0.00160. The molecule has 2 fully saturated rings. The molecule has 0 aromatic heterocycles. The van der Waals surface area contributed by atoms with E-state index in [0.717, 1.165) is 31.5 Å². The van der Waals surface area contributed by atoms with E-state index in [1.165, 1.54) is 0 Å². The van der Waals surface area contributed by atoms with Gasteiger partial charge in [0.2, 0.25) is 0 Å². The molecule has 2 aliphatic rings. The molecule has 0 spiro atoms. The van der Waals surface area contributed by atoms with Crippen LogP contribution in [0.15, 0.2) is 11.7 Å². The van der Waals surface area contributed by atoms with Gasteiger partial charge in [0.15, 0.2) is 0 Å². The zero-order valence-electron chi connectivity index (χ0n) is 13.8. The van der Waals surface area contributed by atoms with E-state index < -0.39 is 7.12 Å². The molecule has 2 rings (SSSR count). The molecule has 6 heteroatoms. The zero-order chi connectivity index (χ0) is 15.7. The van der Waals surface area contributed by atoms with Crippen molar-refractivity contribution in [1.29, 1.82) is 5.41 Å². The molecule has 1 atom stereocenters. The Balaban J connectivity index is 2.12. The molecular formula is C15H27BN2O3. The molecule has 0 aliphatic carbocycles. The molecule has 2 heterocycles. The standard InChI is InChI=1S/C15H27BN2O3/c1-11(17)10-12(18-13-8-6-7-9-19-13)16-20-14(2,3)15(4,5)21-16/h10,13,17-18H,6-9H2,1-5H3/b12-10-,17-11?. The zero-order valence-corrected chi connectivity index (χ0v) is 13.8. The fourth-order valence-corrected chi connectivity index (χ4v) is 2.42. The predicted molar refractivity (Wildman–Crippen MR) is 84.3 cm³/mol. The molecule has 0 amide bonds. The maximum absolute atomic E-state index is 7.74. The largest absolute Gasteiger partial charge is 0.511 e. The Bertz CT molecular complexity index is 413. The van der Waals surface area contributed by atoms with Crippen LogP contribution in [0, 0.1) is 5.41 Å². The molecule has 2 aliphatic heterocycles. The van der Waals surface area contributed by atoms with Crippen molar-refractivity contribution in [2.24, 2.45) is 0 Å². The van der Waals surface area contributed by atoms with E-state index in [-0.39, 0.29) is 17.4 Å². The van der Waals surface area contributed by atoms with Crippen molar-refractivity contribution in [3.63, 3.8) is 0 Å². The van der Waals surface area contributed by atoms with Crippen LogP contribution in [-0.2, 0) is 14.0 Å². The maximum Gasteiger partial charge on any atom is 0.511 e. The molecular weight excluding hydrogens is 267 g/mol. The normalized spacial score (nSPS) is 28.5. The van der Waals surface area contributed by atoms with Crippen LogP contribution in [0.1, 0.15) is 53.9 Å². The number of rotatable bonds is 4. The van der Waals surface area contributed by atoms with E-state index in [9.17, 15) is 0 Å². The van der Waals surface area contributed by atoms with Gasteiger partial charge >= 0.3 is 7.12 Å². The Morgan fingerprint density at radius 1 is 1.19 bits per heavy atom. The summed E-state index contributed by atoms with van der Waals surface area (Å²) < 4.78 is 17.8. The lowest BCUT2D eigenvalue weighted by Crippen LogP contribution is -2.41. The van der Waals surface area contributed by atoms with E-state index in [2.05, 4.69) is 5.32 Å². The highest BCUT2D eigenvalue weighted by Crippen LogP contribution is 2.38. The van der Waals surface area contributed by atoms with Crippen LogP contribution in [0.2, 0.25) is 0 Å². The van der Waals surface area contributed by atoms with Gasteiger partial charge in [-0.1, -0.05) is 0 Å². The second kappa shape index (κ2) is 6.11. The van der Waals surface area contributed by atoms with Gasteiger partial charge in [-0.05, 0) is 60.0 Å². The maximum atomic E-state index is 7.74. The fourth-order valence-electron chi connectivity index (χ4n) is 2.42. The van der Waals surface area contributed by atoms with E-state index >= 15 is 0 Å². The number of allylic oxidation sites excluding steroid dienone is 1. The van der Waals surface area contributed by atoms with Crippen LogP contribution < -0.4 is 5.32 Å². The first-order chi connectivity index (χ1) is 9.71. The monoisotopic (exact) mass is 294 g/mol. The molecule has 0 aromatic rings. The van der Waals surface area contributed by atoms with Crippen molar-refractivity contribution in [2.45, 2.75) is 71.3 Å². The van der Waals surface area contributed by atoms with Crippen LogP contribution in [-0.4, -0.2) is 36.9 Å². The summed E-state index contributed by atoms with van der Waals surface area (Å²) in [5, 5.41) is 11.1. The topological polar surface area (TPSA) is 63.6 Å². The lowest BCUT2D eigenvalue weighted by Gasteiger charge is -2.32. The van der Waals surface area contributed by atoms with Crippen LogP contribution >= 0.6 is 0 Å². The van der Waals surface area contributed by atoms with Crippen molar-refractivity contribution >= 4 is 12.8 Å². The summed E-state index contributed by atoms with van der Waals surface area (Å²) in [5.74, 6) is 0. The van der Waals surface area contributed by atoms with E-state index in [4.69, 9.17) is 19.5 Å². The molecule has 21 heavy (non-hydrogen) atoms. The predicted octanol–water partition coefficient (Wildman–Crippen LogP) is 2.66. The van der Waals surface area contributed by atoms with Crippen molar-refractivity contribution in [1.82, 2.24) is 5.32 Å². The van der Waals surface area contributed by atoms with Crippen molar-refractivity contribution in [3.8, 4) is 0 Å². The number of ether oxygens (including phenoxy) is 1. The second-order valence-electron chi connectivity index (χ2n) is 6.87. The van der Waals surface area contributed by atoms with Crippen LogP contribution in [0.4, 0.5) is 0 Å². The molecule has 0 saturated carbocycles. The van der Waals surface area contributed by atoms with Crippen molar-refractivity contribution in [2.75, 3.05) is 6.61 Å². The van der Waals surface area contributed by atoms with Crippen LogP contribution in [0.25, 0.3) is 0 Å². The minimum absolute atomic E-state index is 0.0247. The van der Waals surface area contributed by atoms with Gasteiger partial charge in [0, 0.05) is 17.9 Å². The van der Waals surface area contributed by atoms with Gasteiger partial charge < -0.3 is 24.8 Å². The minimum Gasteiger partial charge on any atom is -0.398 e. The average molecular weight is 294 g/mol. The summed E-state index contributed by atoms with van der Waals surface area (Å²) in [6, 6.07) is 0. The minimum atomic E-state index is -0.485. The van der Waals surface area contributed by atoms with Gasteiger partial charge in [-0.15, -0.1) is 0 Å². The van der Waals surface area contributed by atoms with Gasteiger partial charge in [-0.3, -0.25) is 0 Å². The summed E-state index contributed by atoms with van der Waals surface area (Å²) in [5.41, 5.74) is 0.458. The highest BCUT2D eigenvalue weighted by Gasteiger charge is 2.52. The summed E-state index contributed by atoms with van der Waals surface area (Å²) in [4.78, 5) is 0. The Kier molecular flexibility index (Phi) is 4.80. The summed E-state index contributed by atoms with van der Waals surface area (Å²) in [6.07, 6.45) is 4.96. The lowest BCUT2D eigenvalue weighted by atomic mass is 9.83. The smallest absolute Gasteiger partial charge is 0.398 e. The van der Waals surface area contributed by atoms with Gasteiger partial charge in [0.05, 0.1) is 11.2 Å². The number of hydrogen-bond acceptors (Lipinski definition) is 5. The van der Waals surface area contributed by atoms with Gasteiger partial charge in [0.25, 0.3) is 0 Å². The molecule has 0 bridgehead atoms. The SMILES string of the molecule is CC(=N)/C=C(\NC1CCCCO1)B1OC(C)(C)C(C)(C)O1. The highest BCUT2D eigenvalue weighted by molar-refractivity contribution is 6.55. The Morgan fingerprint density at radius 3 is 2.29 bits per heavy atom. The summed E-state index contributed by atoms with van der Waals surface area (Å²) in [6.45, 7) is 10.6. The number of hydrogen-bond donors (Lipinski definition) is 2. The Labute approximate surface area is 128 Å². The van der Waals surface area contributed by atoms with E-state index in [1.54, 1.807) is 13.0 Å². The quantitative estimate of drug-likeness (QED) is 0.618. The molecule has 0 aromatic carbocycles. The van der Waals surface area contributed by atoms with Crippen molar-refractivity contribution in [3.05, 3.63) is 11.7 Å². The van der Waals surface area contributed by atoms with Crippen LogP contribution in [0.3, 0.4) is 0 Å². The molecule has 2 N–H and O–H groups in total. The third-order valence-corrected chi connectivity index (χ3v) is 4.39. The fraction of sp³-hybridized carbons (Fsp3) is 0.800. The molecule has 118 valence electrons. The van der Waals surface area contributed by atoms with Gasteiger partial charge in [0.1, 0.15) is 6.23 Å². The Hall–Kier alpha value is -0.845. The van der Waals surface area contributed by atoms with Crippen molar-refractivity contribution < 1.29 is 14.0 Å². The molecule has 2 saturated heterocycles. The Morgan fingerprint density at radius 2 is 1.81 bits per heavy atom. The van der Waals surface area contributed by atoms with Crippen LogP contribution in [0.5, 0.6) is 0 Å². The first kappa shape index (κ1) is 16.5. The second-order valence-corrected chi connectivity index (χ2v) is 6.87. The first-order valence-corrected chi connectivity index (χ1v) is 7.72. The summed E-state index contributed by atoms with van der Waals surface area (Å²) >= 11 is 0. The van der Waals surface area contributed by atoms with E-state index in [0.29, 0.717) is 5.71 Å². The van der Waals surface area contributed by atoms with Gasteiger partial charge in [-0.25, -0.2) is 0 Å². The summed E-state index contributed by atoms with van der Waals surface area (Å²) in [7, 11) is -0.485. The average Bonchev–Trinajstić information content (AvgIpc) is 2.58. The third-order valence-electron chi connectivity index (χ3n) is 4.39. The van der Waals surface area contributed by atoms with Gasteiger partial charge in [-0.2, -0.15) is 0 Å². The molecule has 5 nitrogen and oxygen atoms in total.